The van der Waals surface area contributed by atoms with E-state index in [-0.39, 0.29) is 31.1 Å². The van der Waals surface area contributed by atoms with Crippen LogP contribution in [-0.2, 0) is 28.6 Å². The molecular weight excluding hydrogens is 648 g/mol. The highest BCUT2D eigenvalue weighted by Crippen LogP contribution is 2.16. The van der Waals surface area contributed by atoms with Crippen LogP contribution in [-0.4, -0.2) is 37.2 Å². The number of unbranched alkanes of at least 4 members (excludes halogenated alkanes) is 31. The average molecular weight is 737 g/mol. The minimum Gasteiger partial charge on any atom is -0.462 e. The van der Waals surface area contributed by atoms with Gasteiger partial charge in [-0.25, -0.2) is 0 Å². The number of ether oxygens (including phenoxy) is 3. The second-order valence-corrected chi connectivity index (χ2v) is 15.7. The van der Waals surface area contributed by atoms with Gasteiger partial charge >= 0.3 is 17.9 Å². The first-order chi connectivity index (χ1) is 25.5. The van der Waals surface area contributed by atoms with Crippen molar-refractivity contribution in [2.45, 2.75) is 264 Å². The standard InChI is InChI=1S/C46H88O6/c1-4-7-10-13-16-19-22-23-25-28-31-34-37-40-46(49)52-43(41-50-44(47)38-35-32-29-26-21-18-15-12-9-6-3)42-51-45(48)39-36-33-30-27-24-20-17-14-11-8-5-2/h43H,4-42H2,1-3H3/t43-/m0/s1. The number of carbonyl (C=O) groups is 3. The highest BCUT2D eigenvalue weighted by Gasteiger charge is 2.19. The zero-order valence-electron chi connectivity index (χ0n) is 35.1. The molecule has 1 atom stereocenters. The molecule has 0 aromatic heterocycles. The van der Waals surface area contributed by atoms with Crippen molar-refractivity contribution in [1.29, 1.82) is 0 Å². The molecule has 0 heterocycles. The van der Waals surface area contributed by atoms with Crippen molar-refractivity contribution in [3.63, 3.8) is 0 Å². The number of hydrogen-bond donors (Lipinski definition) is 0. The quantitative estimate of drug-likeness (QED) is 0.0353. The second-order valence-electron chi connectivity index (χ2n) is 15.7. The fourth-order valence-electron chi connectivity index (χ4n) is 6.85. The van der Waals surface area contributed by atoms with E-state index >= 15 is 0 Å². The van der Waals surface area contributed by atoms with Crippen molar-refractivity contribution < 1.29 is 28.6 Å². The van der Waals surface area contributed by atoms with Crippen LogP contribution in [0.1, 0.15) is 258 Å². The fourth-order valence-corrected chi connectivity index (χ4v) is 6.85. The maximum absolute atomic E-state index is 12.7. The van der Waals surface area contributed by atoms with Crippen LogP contribution in [0.25, 0.3) is 0 Å². The molecule has 0 rings (SSSR count). The summed E-state index contributed by atoms with van der Waals surface area (Å²) in [5.41, 5.74) is 0. The van der Waals surface area contributed by atoms with Crippen molar-refractivity contribution in [2.75, 3.05) is 13.2 Å². The summed E-state index contributed by atoms with van der Waals surface area (Å²) in [4.78, 5) is 37.7. The van der Waals surface area contributed by atoms with Crippen molar-refractivity contribution >= 4 is 17.9 Å². The summed E-state index contributed by atoms with van der Waals surface area (Å²) < 4.78 is 16.7. The summed E-state index contributed by atoms with van der Waals surface area (Å²) >= 11 is 0. The van der Waals surface area contributed by atoms with E-state index in [1.54, 1.807) is 0 Å². The smallest absolute Gasteiger partial charge is 0.306 e. The Hall–Kier alpha value is -1.59. The normalized spacial score (nSPS) is 11.8. The van der Waals surface area contributed by atoms with Gasteiger partial charge in [-0.1, -0.05) is 220 Å². The van der Waals surface area contributed by atoms with Gasteiger partial charge in [-0.05, 0) is 19.3 Å². The molecular formula is C46H88O6. The molecule has 0 aromatic rings. The van der Waals surface area contributed by atoms with E-state index in [0.717, 1.165) is 57.8 Å². The lowest BCUT2D eigenvalue weighted by Crippen LogP contribution is -2.30. The molecule has 308 valence electrons. The van der Waals surface area contributed by atoms with Gasteiger partial charge in [0.25, 0.3) is 0 Å². The Balaban J connectivity index is 4.32. The van der Waals surface area contributed by atoms with Gasteiger partial charge in [0.1, 0.15) is 13.2 Å². The Morgan fingerprint density at radius 3 is 0.769 bits per heavy atom. The first-order valence-corrected chi connectivity index (χ1v) is 23.0. The van der Waals surface area contributed by atoms with E-state index in [2.05, 4.69) is 20.8 Å². The van der Waals surface area contributed by atoms with Gasteiger partial charge in [-0.15, -0.1) is 0 Å². The summed E-state index contributed by atoms with van der Waals surface area (Å²) in [5, 5.41) is 0. The molecule has 6 nitrogen and oxygen atoms in total. The van der Waals surface area contributed by atoms with E-state index in [9.17, 15) is 14.4 Å². The van der Waals surface area contributed by atoms with Crippen molar-refractivity contribution in [2.24, 2.45) is 0 Å². The van der Waals surface area contributed by atoms with E-state index in [4.69, 9.17) is 14.2 Å². The van der Waals surface area contributed by atoms with Gasteiger partial charge in [0.2, 0.25) is 0 Å². The fraction of sp³-hybridized carbons (Fsp3) is 0.935. The SMILES string of the molecule is CCCCCCCCCCCCCCCC(=O)O[C@@H](COC(=O)CCCCCCCCCCCC)COC(=O)CCCCCCCCCCCCC. The largest absolute Gasteiger partial charge is 0.462 e. The predicted molar refractivity (Wildman–Crippen MR) is 220 cm³/mol. The van der Waals surface area contributed by atoms with Crippen molar-refractivity contribution in [3.8, 4) is 0 Å². The lowest BCUT2D eigenvalue weighted by atomic mass is 10.0. The van der Waals surface area contributed by atoms with E-state index < -0.39 is 6.10 Å². The van der Waals surface area contributed by atoms with Crippen LogP contribution in [0.2, 0.25) is 0 Å². The molecule has 0 N–H and O–H groups in total. The maximum Gasteiger partial charge on any atom is 0.306 e. The summed E-state index contributed by atoms with van der Waals surface area (Å²) in [6, 6.07) is 0. The van der Waals surface area contributed by atoms with Gasteiger partial charge in [0.05, 0.1) is 0 Å². The molecule has 0 aliphatic carbocycles. The average Bonchev–Trinajstić information content (AvgIpc) is 3.14. The molecule has 0 spiro atoms. The van der Waals surface area contributed by atoms with Gasteiger partial charge in [-0.2, -0.15) is 0 Å². The predicted octanol–water partition coefficient (Wildman–Crippen LogP) is 14.5. The molecule has 0 aromatic carbocycles. The number of rotatable bonds is 42. The molecule has 0 amide bonds. The van der Waals surface area contributed by atoms with Gasteiger partial charge in [-0.3, -0.25) is 14.4 Å². The molecule has 52 heavy (non-hydrogen) atoms. The number of hydrogen-bond acceptors (Lipinski definition) is 6. The third kappa shape index (κ3) is 39.6. The third-order valence-electron chi connectivity index (χ3n) is 10.4. The Kier molecular flexibility index (Phi) is 40.9. The minimum absolute atomic E-state index is 0.0628. The third-order valence-corrected chi connectivity index (χ3v) is 10.4. The monoisotopic (exact) mass is 737 g/mol. The van der Waals surface area contributed by atoms with Gasteiger partial charge in [0.15, 0.2) is 6.10 Å². The molecule has 0 radical (unpaired) electrons. The summed E-state index contributed by atoms with van der Waals surface area (Å²) in [6.07, 6.45) is 42.2. The molecule has 0 aliphatic heterocycles. The summed E-state index contributed by atoms with van der Waals surface area (Å²) in [5.74, 6) is -0.852. The van der Waals surface area contributed by atoms with Crippen LogP contribution in [0.5, 0.6) is 0 Å². The Bertz CT molecular complexity index is 768. The lowest BCUT2D eigenvalue weighted by molar-refractivity contribution is -0.167. The topological polar surface area (TPSA) is 78.9 Å². The van der Waals surface area contributed by atoms with Gasteiger partial charge < -0.3 is 14.2 Å². The van der Waals surface area contributed by atoms with Crippen LogP contribution in [0.4, 0.5) is 0 Å². The van der Waals surface area contributed by atoms with Crippen LogP contribution >= 0.6 is 0 Å². The molecule has 6 heteroatoms. The number of esters is 3. The molecule has 0 fully saturated rings. The molecule has 0 saturated carbocycles. The Labute approximate surface area is 323 Å². The number of carbonyl (C=O) groups excluding carboxylic acids is 3. The minimum atomic E-state index is -0.757. The Morgan fingerprint density at radius 1 is 0.308 bits per heavy atom. The van der Waals surface area contributed by atoms with Crippen LogP contribution in [0.3, 0.4) is 0 Å². The molecule has 0 aliphatic rings. The van der Waals surface area contributed by atoms with Crippen LogP contribution in [0.15, 0.2) is 0 Å². The van der Waals surface area contributed by atoms with Gasteiger partial charge in [0, 0.05) is 19.3 Å². The van der Waals surface area contributed by atoms with Crippen LogP contribution < -0.4 is 0 Å². The Morgan fingerprint density at radius 2 is 0.519 bits per heavy atom. The molecule has 0 saturated heterocycles. The zero-order valence-corrected chi connectivity index (χ0v) is 35.1. The van der Waals surface area contributed by atoms with E-state index in [0.29, 0.717) is 19.3 Å². The van der Waals surface area contributed by atoms with E-state index in [1.807, 2.05) is 0 Å². The lowest BCUT2D eigenvalue weighted by Gasteiger charge is -2.18. The second kappa shape index (κ2) is 42.2. The first kappa shape index (κ1) is 50.4. The van der Waals surface area contributed by atoms with Crippen LogP contribution in [0, 0.1) is 0 Å². The molecule has 0 bridgehead atoms. The molecule has 0 unspecified atom stereocenters. The van der Waals surface area contributed by atoms with Crippen molar-refractivity contribution in [3.05, 3.63) is 0 Å². The zero-order chi connectivity index (χ0) is 38.0. The maximum atomic E-state index is 12.7. The summed E-state index contributed by atoms with van der Waals surface area (Å²) in [7, 11) is 0. The van der Waals surface area contributed by atoms with E-state index in [1.165, 1.54) is 161 Å². The highest BCUT2D eigenvalue weighted by molar-refractivity contribution is 5.71. The van der Waals surface area contributed by atoms with Crippen molar-refractivity contribution in [1.82, 2.24) is 0 Å². The summed E-state index contributed by atoms with van der Waals surface area (Å²) in [6.45, 7) is 6.64. The highest BCUT2D eigenvalue weighted by atomic mass is 16.6. The first-order valence-electron chi connectivity index (χ1n) is 23.0.